The Labute approximate surface area is 63.3 Å². The first-order valence-corrected chi connectivity index (χ1v) is 1.96. The predicted octanol–water partition coefficient (Wildman–Crippen LogP) is -8.15. The van der Waals surface area contributed by atoms with Crippen molar-refractivity contribution in [3.8, 4) is 0 Å². The minimum absolute atomic E-state index is 0. The Morgan fingerprint density at radius 2 is 1.64 bits per heavy atom. The maximum atomic E-state index is 11.8. The van der Waals surface area contributed by atoms with Crippen LogP contribution in [0.1, 0.15) is 0 Å². The molecular formula is C5H4BF4N. The van der Waals surface area contributed by atoms with E-state index in [1.165, 1.54) is 12.3 Å². The number of rotatable bonds is 0. The molecule has 0 fully saturated rings. The van der Waals surface area contributed by atoms with E-state index in [-0.39, 0.29) is 22.5 Å². The van der Waals surface area contributed by atoms with Crippen LogP contribution in [0.2, 0.25) is 0 Å². The van der Waals surface area contributed by atoms with Gasteiger partial charge in [0.15, 0.2) is 0 Å². The van der Waals surface area contributed by atoms with Crippen LogP contribution in [0, 0.1) is 5.95 Å². The molecule has 0 aliphatic carbocycles. The Bertz CT molecular complexity index is 148. The zero-order valence-electron chi connectivity index (χ0n) is 5.35. The maximum absolute atomic E-state index is 11.8. The third kappa shape index (κ3) is 8.93. The quantitative estimate of drug-likeness (QED) is 0.211. The van der Waals surface area contributed by atoms with Gasteiger partial charge in [-0.1, -0.05) is 6.07 Å². The van der Waals surface area contributed by atoms with Gasteiger partial charge in [0.05, 0.1) is 0 Å². The molecule has 1 rings (SSSR count). The topological polar surface area (TPSA) is 12.9 Å². The van der Waals surface area contributed by atoms with Gasteiger partial charge in [-0.25, -0.2) is 4.98 Å². The summed E-state index contributed by atoms with van der Waals surface area (Å²) in [6.45, 7) is 0. The van der Waals surface area contributed by atoms with Crippen molar-refractivity contribution in [3.63, 3.8) is 0 Å². The molecule has 0 unspecified atom stereocenters. The number of halogens is 4. The van der Waals surface area contributed by atoms with Gasteiger partial charge in [-0.15, -0.1) is 0 Å². The number of nitrogens with zero attached hydrogens (tertiary/aromatic N) is 1. The van der Waals surface area contributed by atoms with Crippen molar-refractivity contribution in [1.29, 1.82) is 0 Å². The van der Waals surface area contributed by atoms with Gasteiger partial charge in [0.1, 0.15) is 0 Å². The van der Waals surface area contributed by atoms with Gasteiger partial charge in [-0.2, -0.15) is 4.39 Å². The second kappa shape index (κ2) is 11.7. The van der Waals surface area contributed by atoms with Crippen LogP contribution in [0.25, 0.3) is 0 Å². The van der Waals surface area contributed by atoms with Crippen LogP contribution in [-0.4, -0.2) is 13.4 Å². The molecule has 0 saturated heterocycles. The van der Waals surface area contributed by atoms with Crippen LogP contribution in [0.15, 0.2) is 24.4 Å². The first-order chi connectivity index (χ1) is 3.39. The van der Waals surface area contributed by atoms with Crippen molar-refractivity contribution >= 4 is 8.41 Å². The predicted molar refractivity (Wildman–Crippen MR) is 29.9 cm³/mol. The fourth-order valence-corrected chi connectivity index (χ4v) is 0.342. The molecule has 1 aromatic rings. The van der Waals surface area contributed by atoms with Gasteiger partial charge in [0, 0.05) is 6.20 Å². The molecule has 1 heterocycles. The molecule has 0 radical (unpaired) electrons. The average molecular weight is 165 g/mol. The Hall–Kier alpha value is -1.07. The monoisotopic (exact) mass is 165 g/mol. The third-order valence-corrected chi connectivity index (χ3v) is 0.629. The van der Waals surface area contributed by atoms with Crippen LogP contribution in [0.5, 0.6) is 0 Å². The first-order valence-electron chi connectivity index (χ1n) is 1.96. The van der Waals surface area contributed by atoms with Crippen molar-refractivity contribution in [3.05, 3.63) is 30.3 Å². The van der Waals surface area contributed by atoms with Crippen LogP contribution in [-0.2, 0) is 0 Å². The van der Waals surface area contributed by atoms with Crippen LogP contribution >= 0.6 is 0 Å². The number of pyridine rings is 1. The summed E-state index contributed by atoms with van der Waals surface area (Å²) in [6.07, 6.45) is 1.41. The summed E-state index contributed by atoms with van der Waals surface area (Å²) in [5.41, 5.74) is 0. The largest absolute Gasteiger partial charge is 3.00 e. The summed E-state index contributed by atoms with van der Waals surface area (Å²) in [7, 11) is 0. The van der Waals surface area contributed by atoms with E-state index >= 15 is 0 Å². The van der Waals surface area contributed by atoms with E-state index < -0.39 is 5.95 Å². The van der Waals surface area contributed by atoms with E-state index in [4.69, 9.17) is 0 Å². The minimum Gasteiger partial charge on any atom is -1.00 e. The molecule has 0 atom stereocenters. The molecule has 0 amide bonds. The van der Waals surface area contributed by atoms with Gasteiger partial charge in [-0.3, -0.25) is 0 Å². The molecule has 0 aliphatic rings. The standard InChI is InChI=1S/C5H4FN.B.3FH/c6-5-3-1-2-4-7-5;;;;/h1-4H;;3*1H/q;+3;;;/p-3. The summed E-state index contributed by atoms with van der Waals surface area (Å²) < 4.78 is 11.8. The van der Waals surface area contributed by atoms with E-state index in [1.54, 1.807) is 12.1 Å². The van der Waals surface area contributed by atoms with Crippen molar-refractivity contribution < 1.29 is 18.5 Å². The van der Waals surface area contributed by atoms with Gasteiger partial charge in [0.2, 0.25) is 5.95 Å². The van der Waals surface area contributed by atoms with E-state index in [0.717, 1.165) is 0 Å². The van der Waals surface area contributed by atoms with Gasteiger partial charge in [-0.05, 0) is 12.1 Å². The van der Waals surface area contributed by atoms with Gasteiger partial charge >= 0.3 is 8.41 Å². The molecule has 0 saturated carbocycles. The number of hydrogen-bond donors (Lipinski definition) is 0. The fourth-order valence-electron chi connectivity index (χ4n) is 0.342. The summed E-state index contributed by atoms with van der Waals surface area (Å²) in [5.74, 6) is -0.428. The van der Waals surface area contributed by atoms with Crippen molar-refractivity contribution in [2.75, 3.05) is 0 Å². The summed E-state index contributed by atoms with van der Waals surface area (Å²) in [4.78, 5) is 3.31. The molecule has 0 aliphatic heterocycles. The number of aromatic nitrogens is 1. The summed E-state index contributed by atoms with van der Waals surface area (Å²) in [6, 6.07) is 4.57. The van der Waals surface area contributed by atoms with E-state index in [9.17, 15) is 4.39 Å². The SMILES string of the molecule is Fc1ccccn1.[B+3].[F-].[F-].[F-]. The molecule has 6 heteroatoms. The normalized spacial score (nSPS) is 5.55. The molecule has 1 aromatic heterocycles. The second-order valence-corrected chi connectivity index (χ2v) is 1.15. The van der Waals surface area contributed by atoms with Crippen molar-refractivity contribution in [2.45, 2.75) is 0 Å². The second-order valence-electron chi connectivity index (χ2n) is 1.15. The van der Waals surface area contributed by atoms with Crippen molar-refractivity contribution in [2.24, 2.45) is 0 Å². The Morgan fingerprint density at radius 3 is 1.82 bits per heavy atom. The molecule has 1 nitrogen and oxygen atoms in total. The maximum Gasteiger partial charge on any atom is 3.00 e. The summed E-state index contributed by atoms with van der Waals surface area (Å²) >= 11 is 0. The van der Waals surface area contributed by atoms with Crippen LogP contribution in [0.4, 0.5) is 4.39 Å². The Morgan fingerprint density at radius 1 is 1.09 bits per heavy atom. The van der Waals surface area contributed by atoms with Gasteiger partial charge < -0.3 is 14.1 Å². The summed E-state index contributed by atoms with van der Waals surface area (Å²) in [5, 5.41) is 0. The zero-order chi connectivity index (χ0) is 5.11. The fraction of sp³-hybridized carbons (Fsp3) is 0. The van der Waals surface area contributed by atoms with E-state index in [0.29, 0.717) is 0 Å². The first kappa shape index (κ1) is 22.5. The van der Waals surface area contributed by atoms with Crippen molar-refractivity contribution in [1.82, 2.24) is 4.98 Å². The Kier molecular flexibility index (Phi) is 23.9. The van der Waals surface area contributed by atoms with Crippen LogP contribution in [0.3, 0.4) is 0 Å². The number of hydrogen-bond acceptors (Lipinski definition) is 1. The van der Waals surface area contributed by atoms with E-state index in [1.807, 2.05) is 0 Å². The third-order valence-electron chi connectivity index (χ3n) is 0.629. The zero-order valence-corrected chi connectivity index (χ0v) is 5.35. The molecule has 0 N–H and O–H groups in total. The average Bonchev–Trinajstić information content (AvgIpc) is 1.69. The molecule has 0 spiro atoms. The van der Waals surface area contributed by atoms with Crippen LogP contribution < -0.4 is 14.1 Å². The molecule has 0 bridgehead atoms. The molecule has 0 aromatic carbocycles. The minimum atomic E-state index is -0.428. The van der Waals surface area contributed by atoms with Gasteiger partial charge in [0.25, 0.3) is 0 Å². The smallest absolute Gasteiger partial charge is 1.00 e. The van der Waals surface area contributed by atoms with E-state index in [2.05, 4.69) is 4.98 Å². The molecule has 60 valence electrons. The molecule has 11 heavy (non-hydrogen) atoms. The Balaban J connectivity index is -0.0000000612. The molecular weight excluding hydrogens is 161 g/mol.